The van der Waals surface area contributed by atoms with Gasteiger partial charge in [-0.05, 0) is 18.2 Å². The Hall–Kier alpha value is -1.92. The van der Waals surface area contributed by atoms with Crippen LogP contribution in [0, 0.1) is 5.82 Å². The summed E-state index contributed by atoms with van der Waals surface area (Å²) in [6, 6.07) is 6.80. The first kappa shape index (κ1) is 16.5. The number of halogens is 5. The molecule has 0 bridgehead atoms. The van der Waals surface area contributed by atoms with E-state index in [0.717, 1.165) is 18.2 Å². The number of aliphatic carboxylic acids is 1. The summed E-state index contributed by atoms with van der Waals surface area (Å²) in [5.74, 6) is -7.09. The summed E-state index contributed by atoms with van der Waals surface area (Å²) in [6.07, 6.45) is 0. The second kappa shape index (κ2) is 6.06. The van der Waals surface area contributed by atoms with Gasteiger partial charge in [-0.1, -0.05) is 41.4 Å². The van der Waals surface area contributed by atoms with E-state index >= 15 is 0 Å². The van der Waals surface area contributed by atoms with Crippen LogP contribution in [0.4, 0.5) is 24.5 Å². The van der Waals surface area contributed by atoms with Crippen molar-refractivity contribution in [2.45, 2.75) is 5.92 Å². The zero-order valence-electron chi connectivity index (χ0n) is 10.7. The molecule has 0 amide bonds. The molecule has 0 spiro atoms. The van der Waals surface area contributed by atoms with Crippen molar-refractivity contribution in [3.63, 3.8) is 0 Å². The molecule has 22 heavy (non-hydrogen) atoms. The molecule has 2 rings (SSSR count). The maximum atomic E-state index is 13.7. The minimum atomic E-state index is -4.11. The summed E-state index contributed by atoms with van der Waals surface area (Å²) in [5.41, 5.74) is -0.970. The molecule has 0 aliphatic heterocycles. The third-order valence-corrected chi connectivity index (χ3v) is 3.40. The van der Waals surface area contributed by atoms with Crippen molar-refractivity contribution in [1.29, 1.82) is 0 Å². The third kappa shape index (κ3) is 3.13. The number of para-hydroxylation sites is 1. The number of hydrogen-bond acceptors (Lipinski definition) is 2. The molecule has 2 N–H and O–H groups in total. The van der Waals surface area contributed by atoms with E-state index in [1.165, 1.54) is 18.2 Å². The molecule has 3 nitrogen and oxygen atoms in total. The summed E-state index contributed by atoms with van der Waals surface area (Å²) in [5, 5.41) is 10.9. The Bertz CT molecular complexity index is 715. The number of carbonyl (C=O) groups is 1. The Morgan fingerprint density at radius 1 is 1.14 bits per heavy atom. The molecule has 0 aliphatic carbocycles. The number of rotatable bonds is 4. The number of anilines is 2. The lowest BCUT2D eigenvalue weighted by Crippen LogP contribution is -2.26. The number of hydrogen-bond donors (Lipinski definition) is 2. The maximum absolute atomic E-state index is 13.7. The van der Waals surface area contributed by atoms with Crippen LogP contribution in [0.25, 0.3) is 0 Å². The molecular formula is C14H8Cl2F3NO2. The maximum Gasteiger partial charge on any atom is 0.379 e. The zero-order valence-corrected chi connectivity index (χ0v) is 12.2. The van der Waals surface area contributed by atoms with Gasteiger partial charge in [0.1, 0.15) is 5.82 Å². The lowest BCUT2D eigenvalue weighted by Gasteiger charge is -2.18. The van der Waals surface area contributed by atoms with Crippen LogP contribution < -0.4 is 5.32 Å². The van der Waals surface area contributed by atoms with E-state index in [1.807, 2.05) is 0 Å². The fourth-order valence-electron chi connectivity index (χ4n) is 1.78. The predicted octanol–water partition coefficient (Wildman–Crippen LogP) is 5.05. The molecule has 2 aromatic carbocycles. The third-order valence-electron chi connectivity index (χ3n) is 2.80. The van der Waals surface area contributed by atoms with Gasteiger partial charge in [-0.15, -0.1) is 0 Å². The van der Waals surface area contributed by atoms with Crippen molar-refractivity contribution in [2.75, 3.05) is 5.32 Å². The van der Waals surface area contributed by atoms with Gasteiger partial charge in [0.15, 0.2) is 0 Å². The van der Waals surface area contributed by atoms with E-state index in [1.54, 1.807) is 0 Å². The summed E-state index contributed by atoms with van der Waals surface area (Å²) in [7, 11) is 0. The van der Waals surface area contributed by atoms with Crippen LogP contribution in [0.2, 0.25) is 10.0 Å². The lowest BCUT2D eigenvalue weighted by atomic mass is 10.1. The van der Waals surface area contributed by atoms with Crippen LogP contribution in [-0.2, 0) is 10.7 Å². The second-order valence-electron chi connectivity index (χ2n) is 4.29. The first-order chi connectivity index (χ1) is 10.2. The van der Waals surface area contributed by atoms with Crippen LogP contribution in [0.15, 0.2) is 36.4 Å². The van der Waals surface area contributed by atoms with Crippen LogP contribution in [0.1, 0.15) is 5.56 Å². The summed E-state index contributed by atoms with van der Waals surface area (Å²) in [4.78, 5) is 10.7. The number of benzene rings is 2. The van der Waals surface area contributed by atoms with Gasteiger partial charge < -0.3 is 10.4 Å². The molecule has 0 saturated carbocycles. The lowest BCUT2D eigenvalue weighted by molar-refractivity contribution is -0.166. The largest absolute Gasteiger partial charge is 0.477 e. The molecule has 0 aromatic heterocycles. The molecule has 0 heterocycles. The smallest absolute Gasteiger partial charge is 0.379 e. The summed E-state index contributed by atoms with van der Waals surface area (Å²) in [6.45, 7) is 0. The molecule has 8 heteroatoms. The van der Waals surface area contributed by atoms with Gasteiger partial charge in [0.05, 0.1) is 21.3 Å². The zero-order chi connectivity index (χ0) is 16.5. The molecular weight excluding hydrogens is 342 g/mol. The van der Waals surface area contributed by atoms with Crippen LogP contribution in [-0.4, -0.2) is 11.1 Å². The summed E-state index contributed by atoms with van der Waals surface area (Å²) < 4.78 is 40.6. The minimum absolute atomic E-state index is 0.00151. The SMILES string of the molecule is O=C(O)C(F)(F)c1ccccc1Nc1c(Cl)cc(F)cc1Cl. The van der Waals surface area contributed by atoms with E-state index in [0.29, 0.717) is 0 Å². The fourth-order valence-corrected chi connectivity index (χ4v) is 2.33. The minimum Gasteiger partial charge on any atom is -0.477 e. The molecule has 0 saturated heterocycles. The molecule has 2 aromatic rings. The Kier molecular flexibility index (Phi) is 4.53. The van der Waals surface area contributed by atoms with E-state index in [9.17, 15) is 18.0 Å². The summed E-state index contributed by atoms with van der Waals surface area (Å²) >= 11 is 11.6. The van der Waals surface area contributed by atoms with Crippen LogP contribution in [0.3, 0.4) is 0 Å². The first-order valence-electron chi connectivity index (χ1n) is 5.85. The molecule has 0 unspecified atom stereocenters. The van der Waals surface area contributed by atoms with E-state index in [2.05, 4.69) is 5.32 Å². The van der Waals surface area contributed by atoms with Crippen LogP contribution in [0.5, 0.6) is 0 Å². The predicted molar refractivity (Wildman–Crippen MR) is 77.7 cm³/mol. The highest BCUT2D eigenvalue weighted by atomic mass is 35.5. The Morgan fingerprint density at radius 2 is 1.68 bits per heavy atom. The van der Waals surface area contributed by atoms with Crippen LogP contribution >= 0.6 is 23.2 Å². The Morgan fingerprint density at radius 3 is 2.23 bits per heavy atom. The highest BCUT2D eigenvalue weighted by Gasteiger charge is 2.42. The standard InChI is InChI=1S/C14H8Cl2F3NO2/c15-9-5-7(17)6-10(16)12(9)20-11-4-2-1-3-8(11)14(18,19)13(21)22/h1-6,20H,(H,21,22). The molecule has 116 valence electrons. The number of carboxylic acids is 1. The van der Waals surface area contributed by atoms with Gasteiger partial charge in [0, 0.05) is 5.69 Å². The number of nitrogens with one attached hydrogen (secondary N) is 1. The van der Waals surface area contributed by atoms with Gasteiger partial charge >= 0.3 is 11.9 Å². The highest BCUT2D eigenvalue weighted by molar-refractivity contribution is 6.39. The van der Waals surface area contributed by atoms with E-state index in [-0.39, 0.29) is 21.4 Å². The molecule has 0 fully saturated rings. The average Bonchev–Trinajstić information content (AvgIpc) is 2.43. The normalized spacial score (nSPS) is 11.3. The number of carboxylic acid groups (broad SMARTS) is 1. The quantitative estimate of drug-likeness (QED) is 0.811. The van der Waals surface area contributed by atoms with Gasteiger partial charge in [-0.3, -0.25) is 0 Å². The topological polar surface area (TPSA) is 49.3 Å². The highest BCUT2D eigenvalue weighted by Crippen LogP contribution is 2.39. The average molecular weight is 350 g/mol. The monoisotopic (exact) mass is 349 g/mol. The number of alkyl halides is 2. The Labute approximate surface area is 133 Å². The van der Waals surface area contributed by atoms with Gasteiger partial charge in [0.2, 0.25) is 0 Å². The van der Waals surface area contributed by atoms with Gasteiger partial charge in [-0.2, -0.15) is 8.78 Å². The molecule has 0 radical (unpaired) electrons. The Balaban J connectivity index is 2.51. The molecule has 0 aliphatic rings. The van der Waals surface area contributed by atoms with Crippen molar-refractivity contribution in [2.24, 2.45) is 0 Å². The van der Waals surface area contributed by atoms with Crippen molar-refractivity contribution < 1.29 is 23.1 Å². The van der Waals surface area contributed by atoms with E-state index < -0.39 is 23.3 Å². The van der Waals surface area contributed by atoms with Gasteiger partial charge in [0.25, 0.3) is 0 Å². The fraction of sp³-hybridized carbons (Fsp3) is 0.0714. The second-order valence-corrected chi connectivity index (χ2v) is 5.11. The van der Waals surface area contributed by atoms with Crippen molar-refractivity contribution >= 4 is 40.5 Å². The van der Waals surface area contributed by atoms with Crippen molar-refractivity contribution in [3.8, 4) is 0 Å². The first-order valence-corrected chi connectivity index (χ1v) is 6.61. The van der Waals surface area contributed by atoms with Crippen molar-refractivity contribution in [3.05, 3.63) is 57.8 Å². The molecule has 0 atom stereocenters. The van der Waals surface area contributed by atoms with Crippen molar-refractivity contribution in [1.82, 2.24) is 0 Å². The van der Waals surface area contributed by atoms with Gasteiger partial charge in [-0.25, -0.2) is 9.18 Å². The van der Waals surface area contributed by atoms with E-state index in [4.69, 9.17) is 28.3 Å².